The minimum Gasteiger partial charge on any atom is -0.349 e. The van der Waals surface area contributed by atoms with Gasteiger partial charge in [-0.05, 0) is 44.2 Å². The Bertz CT molecular complexity index is 329. The Hall–Kier alpha value is -0.870. The van der Waals surface area contributed by atoms with Gasteiger partial charge in [-0.25, -0.2) is 0 Å². The molecule has 0 saturated heterocycles. The Morgan fingerprint density at radius 3 is 2.56 bits per heavy atom. The van der Waals surface area contributed by atoms with E-state index in [1.807, 2.05) is 24.6 Å². The lowest BCUT2D eigenvalue weighted by Crippen LogP contribution is -2.41. The molecule has 1 fully saturated rings. The lowest BCUT2D eigenvalue weighted by atomic mass is 9.91. The van der Waals surface area contributed by atoms with Crippen LogP contribution in [-0.4, -0.2) is 25.0 Å². The third kappa shape index (κ3) is 2.83. The molecule has 16 heavy (non-hydrogen) atoms. The van der Waals surface area contributed by atoms with Gasteiger partial charge in [0.1, 0.15) is 0 Å². The first-order valence-corrected chi connectivity index (χ1v) is 6.69. The summed E-state index contributed by atoms with van der Waals surface area (Å²) >= 11 is 1.50. The van der Waals surface area contributed by atoms with E-state index in [-0.39, 0.29) is 5.91 Å². The summed E-state index contributed by atoms with van der Waals surface area (Å²) in [6, 6.07) is 4.78. The van der Waals surface area contributed by atoms with Crippen LogP contribution in [0.4, 0.5) is 0 Å². The Labute approximate surface area is 100 Å². The van der Waals surface area contributed by atoms with Gasteiger partial charge in [-0.3, -0.25) is 4.79 Å². The fourth-order valence-electron chi connectivity index (χ4n) is 2.19. The summed E-state index contributed by atoms with van der Waals surface area (Å²) in [5.41, 5.74) is 0. The zero-order valence-corrected chi connectivity index (χ0v) is 10.3. The van der Waals surface area contributed by atoms with Crippen LogP contribution in [0, 0.1) is 0 Å². The van der Waals surface area contributed by atoms with Crippen LogP contribution in [-0.2, 0) is 0 Å². The molecule has 3 nitrogen and oxygen atoms in total. The Kier molecular flexibility index (Phi) is 3.96. The summed E-state index contributed by atoms with van der Waals surface area (Å²) in [7, 11) is 2.01. The monoisotopic (exact) mass is 238 g/mol. The van der Waals surface area contributed by atoms with Gasteiger partial charge in [0.05, 0.1) is 4.88 Å². The highest BCUT2D eigenvalue weighted by Gasteiger charge is 2.21. The summed E-state index contributed by atoms with van der Waals surface area (Å²) in [5.74, 6) is 0.0860. The second-order valence-corrected chi connectivity index (χ2v) is 5.24. The average molecular weight is 238 g/mol. The van der Waals surface area contributed by atoms with Crippen LogP contribution < -0.4 is 10.6 Å². The molecule has 1 aromatic rings. The van der Waals surface area contributed by atoms with Crippen LogP contribution in [0.25, 0.3) is 0 Å². The smallest absolute Gasteiger partial charge is 0.261 e. The van der Waals surface area contributed by atoms with Crippen molar-refractivity contribution in [3.05, 3.63) is 22.4 Å². The van der Waals surface area contributed by atoms with Gasteiger partial charge in [0.15, 0.2) is 0 Å². The van der Waals surface area contributed by atoms with Crippen LogP contribution in [0.3, 0.4) is 0 Å². The molecule has 0 radical (unpaired) electrons. The molecule has 0 bridgehead atoms. The van der Waals surface area contributed by atoms with Gasteiger partial charge in [0.2, 0.25) is 0 Å². The first kappa shape index (κ1) is 11.6. The average Bonchev–Trinajstić information content (AvgIpc) is 2.83. The fraction of sp³-hybridized carbons (Fsp3) is 0.583. The minimum absolute atomic E-state index is 0.0860. The van der Waals surface area contributed by atoms with Crippen molar-refractivity contribution in [2.75, 3.05) is 7.05 Å². The fourth-order valence-corrected chi connectivity index (χ4v) is 2.82. The van der Waals surface area contributed by atoms with E-state index in [1.54, 1.807) is 0 Å². The number of amides is 1. The van der Waals surface area contributed by atoms with Crippen molar-refractivity contribution in [2.24, 2.45) is 0 Å². The summed E-state index contributed by atoms with van der Waals surface area (Å²) in [6.07, 6.45) is 4.49. The second-order valence-electron chi connectivity index (χ2n) is 4.29. The van der Waals surface area contributed by atoms with Gasteiger partial charge in [-0.15, -0.1) is 11.3 Å². The highest BCUT2D eigenvalue weighted by atomic mass is 32.1. The first-order chi connectivity index (χ1) is 7.79. The molecule has 1 heterocycles. The first-order valence-electron chi connectivity index (χ1n) is 5.81. The van der Waals surface area contributed by atoms with Crippen molar-refractivity contribution < 1.29 is 4.79 Å². The molecule has 0 aromatic carbocycles. The summed E-state index contributed by atoms with van der Waals surface area (Å²) in [4.78, 5) is 12.6. The van der Waals surface area contributed by atoms with E-state index >= 15 is 0 Å². The van der Waals surface area contributed by atoms with Crippen molar-refractivity contribution in [1.29, 1.82) is 0 Å². The van der Waals surface area contributed by atoms with Crippen molar-refractivity contribution in [3.8, 4) is 0 Å². The molecule has 1 amide bonds. The van der Waals surface area contributed by atoms with Crippen molar-refractivity contribution >= 4 is 17.2 Å². The van der Waals surface area contributed by atoms with E-state index in [2.05, 4.69) is 10.6 Å². The van der Waals surface area contributed by atoms with Gasteiger partial charge in [0, 0.05) is 12.1 Å². The maximum atomic E-state index is 11.8. The van der Waals surface area contributed by atoms with Crippen LogP contribution >= 0.6 is 11.3 Å². The lowest BCUT2D eigenvalue weighted by molar-refractivity contribution is 0.0929. The predicted molar refractivity (Wildman–Crippen MR) is 66.9 cm³/mol. The van der Waals surface area contributed by atoms with Gasteiger partial charge in [-0.1, -0.05) is 6.07 Å². The molecule has 0 unspecified atom stereocenters. The number of rotatable bonds is 3. The Balaban J connectivity index is 1.81. The number of carbonyl (C=O) groups excluding carboxylic acids is 1. The summed E-state index contributed by atoms with van der Waals surface area (Å²) in [6.45, 7) is 0. The molecule has 1 aromatic heterocycles. The highest BCUT2D eigenvalue weighted by Crippen LogP contribution is 2.19. The molecular formula is C12H18N2OS. The molecule has 0 spiro atoms. The molecule has 1 saturated carbocycles. The summed E-state index contributed by atoms with van der Waals surface area (Å²) < 4.78 is 0. The highest BCUT2D eigenvalue weighted by molar-refractivity contribution is 7.12. The van der Waals surface area contributed by atoms with Gasteiger partial charge in [0.25, 0.3) is 5.91 Å². The predicted octanol–water partition coefficient (Wildman–Crippen LogP) is 2.01. The van der Waals surface area contributed by atoms with Crippen molar-refractivity contribution in [2.45, 2.75) is 37.8 Å². The SMILES string of the molecule is CNC1CCC(NC(=O)c2cccs2)CC1. The topological polar surface area (TPSA) is 41.1 Å². The third-order valence-corrected chi connectivity index (χ3v) is 4.08. The zero-order chi connectivity index (χ0) is 11.4. The number of nitrogens with one attached hydrogen (secondary N) is 2. The van der Waals surface area contributed by atoms with Crippen LogP contribution in [0.2, 0.25) is 0 Å². The molecule has 1 aliphatic rings. The minimum atomic E-state index is 0.0860. The molecule has 88 valence electrons. The van der Waals surface area contributed by atoms with Crippen molar-refractivity contribution in [1.82, 2.24) is 10.6 Å². The molecule has 0 aliphatic heterocycles. The van der Waals surface area contributed by atoms with Gasteiger partial charge >= 0.3 is 0 Å². The quantitative estimate of drug-likeness (QED) is 0.845. The number of hydrogen-bond acceptors (Lipinski definition) is 3. The largest absolute Gasteiger partial charge is 0.349 e. The second kappa shape index (κ2) is 5.46. The van der Waals surface area contributed by atoms with E-state index < -0.39 is 0 Å². The maximum absolute atomic E-state index is 11.8. The standard InChI is InChI=1S/C12H18N2OS/c1-13-9-4-6-10(7-5-9)14-12(15)11-3-2-8-16-11/h2-3,8-10,13H,4-7H2,1H3,(H,14,15). The molecular weight excluding hydrogens is 220 g/mol. The number of carbonyl (C=O) groups is 1. The Morgan fingerprint density at radius 2 is 2.00 bits per heavy atom. The van der Waals surface area contributed by atoms with Crippen LogP contribution in [0.15, 0.2) is 17.5 Å². The van der Waals surface area contributed by atoms with E-state index in [0.29, 0.717) is 12.1 Å². The molecule has 0 atom stereocenters. The maximum Gasteiger partial charge on any atom is 0.261 e. The number of hydrogen-bond donors (Lipinski definition) is 2. The van der Waals surface area contributed by atoms with Crippen LogP contribution in [0.5, 0.6) is 0 Å². The normalized spacial score (nSPS) is 25.3. The van der Waals surface area contributed by atoms with Crippen molar-refractivity contribution in [3.63, 3.8) is 0 Å². The summed E-state index contributed by atoms with van der Waals surface area (Å²) in [5, 5.41) is 8.34. The van der Waals surface area contributed by atoms with E-state index in [9.17, 15) is 4.79 Å². The van der Waals surface area contributed by atoms with Gasteiger partial charge < -0.3 is 10.6 Å². The van der Waals surface area contributed by atoms with Crippen LogP contribution in [0.1, 0.15) is 35.4 Å². The molecule has 4 heteroatoms. The zero-order valence-electron chi connectivity index (χ0n) is 9.53. The van der Waals surface area contributed by atoms with Gasteiger partial charge in [-0.2, -0.15) is 0 Å². The van der Waals surface area contributed by atoms with E-state index in [4.69, 9.17) is 0 Å². The van der Waals surface area contributed by atoms with E-state index in [1.165, 1.54) is 11.3 Å². The van der Waals surface area contributed by atoms with E-state index in [0.717, 1.165) is 30.6 Å². The lowest BCUT2D eigenvalue weighted by Gasteiger charge is -2.28. The molecule has 1 aliphatic carbocycles. The molecule has 2 rings (SSSR count). The molecule has 2 N–H and O–H groups in total. The Morgan fingerprint density at radius 1 is 1.31 bits per heavy atom. The third-order valence-electron chi connectivity index (χ3n) is 3.22. The number of thiophene rings is 1.